The number of nitrogens with one attached hydrogen (secondary N) is 2. The van der Waals surface area contributed by atoms with Gasteiger partial charge in [0, 0.05) is 29.6 Å². The van der Waals surface area contributed by atoms with E-state index in [0.717, 1.165) is 91.2 Å². The second-order valence-corrected chi connectivity index (χ2v) is 11.3. The standard InChI is InChI=1S/C27H38ClN7S/c1-17(2)8-11-30-9-5-10-31-14-19-6-7-21(13-19)35-15-22(23-24(29)33-27(28)34-25(23)35)26-32-20(16-36-26)12-18(3)4/h15-16,19,21,30-31H,1,3,5-14H2,2,4H3,(H2,29,33,34)/t19-,21+/m1/s1. The molecule has 0 aliphatic heterocycles. The van der Waals surface area contributed by atoms with Crippen molar-refractivity contribution in [3.05, 3.63) is 46.9 Å². The molecule has 3 aromatic rings. The molecule has 0 radical (unpaired) electrons. The molecule has 7 nitrogen and oxygen atoms in total. The first kappa shape index (κ1) is 26.8. The number of nitrogens with two attached hydrogens (primary N) is 1. The van der Waals surface area contributed by atoms with Gasteiger partial charge in [0.2, 0.25) is 5.28 Å². The minimum Gasteiger partial charge on any atom is -0.383 e. The van der Waals surface area contributed by atoms with E-state index in [4.69, 9.17) is 22.3 Å². The summed E-state index contributed by atoms with van der Waals surface area (Å²) in [7, 11) is 0. The summed E-state index contributed by atoms with van der Waals surface area (Å²) >= 11 is 7.86. The lowest BCUT2D eigenvalue weighted by Gasteiger charge is -2.15. The first-order valence-electron chi connectivity index (χ1n) is 12.8. The molecule has 1 aliphatic carbocycles. The maximum Gasteiger partial charge on any atom is 0.226 e. The van der Waals surface area contributed by atoms with Gasteiger partial charge >= 0.3 is 0 Å². The van der Waals surface area contributed by atoms with Crippen LogP contribution in [-0.2, 0) is 6.42 Å². The maximum absolute atomic E-state index is 6.36. The molecule has 0 saturated heterocycles. The van der Waals surface area contributed by atoms with Crippen molar-refractivity contribution in [2.45, 2.75) is 58.4 Å². The molecule has 1 saturated carbocycles. The molecule has 0 bridgehead atoms. The first-order valence-corrected chi connectivity index (χ1v) is 14.1. The predicted molar refractivity (Wildman–Crippen MR) is 153 cm³/mol. The van der Waals surface area contributed by atoms with E-state index in [1.54, 1.807) is 11.3 Å². The smallest absolute Gasteiger partial charge is 0.226 e. The van der Waals surface area contributed by atoms with Crippen LogP contribution in [0, 0.1) is 5.92 Å². The topological polar surface area (TPSA) is 93.7 Å². The van der Waals surface area contributed by atoms with E-state index in [1.807, 2.05) is 6.92 Å². The summed E-state index contributed by atoms with van der Waals surface area (Å²) in [4.78, 5) is 13.7. The van der Waals surface area contributed by atoms with Crippen molar-refractivity contribution in [3.63, 3.8) is 0 Å². The summed E-state index contributed by atoms with van der Waals surface area (Å²) in [5.41, 5.74) is 11.5. The highest BCUT2D eigenvalue weighted by atomic mass is 35.5. The molecule has 4 N–H and O–H groups in total. The van der Waals surface area contributed by atoms with Crippen molar-refractivity contribution in [1.82, 2.24) is 30.2 Å². The Morgan fingerprint density at radius 1 is 1.14 bits per heavy atom. The quantitative estimate of drug-likeness (QED) is 0.148. The Bertz CT molecular complexity index is 1210. The number of hydrogen-bond donors (Lipinski definition) is 3. The van der Waals surface area contributed by atoms with Crippen LogP contribution >= 0.6 is 22.9 Å². The largest absolute Gasteiger partial charge is 0.383 e. The van der Waals surface area contributed by atoms with Gasteiger partial charge in [-0.2, -0.15) is 4.98 Å². The zero-order valence-electron chi connectivity index (χ0n) is 21.4. The van der Waals surface area contributed by atoms with Gasteiger partial charge in [-0.1, -0.05) is 17.7 Å². The number of nitrogens with zero attached hydrogens (tertiary/aromatic N) is 4. The Morgan fingerprint density at radius 3 is 2.72 bits per heavy atom. The number of aromatic nitrogens is 4. The Labute approximate surface area is 223 Å². The Morgan fingerprint density at radius 2 is 1.94 bits per heavy atom. The van der Waals surface area contributed by atoms with Crippen molar-refractivity contribution in [2.75, 3.05) is 31.9 Å². The third-order valence-electron chi connectivity index (χ3n) is 6.71. The number of nitrogen functional groups attached to an aromatic ring is 1. The molecule has 194 valence electrons. The number of fused-ring (bicyclic) bond motifs is 1. The lowest BCUT2D eigenvalue weighted by atomic mass is 10.1. The van der Waals surface area contributed by atoms with Gasteiger partial charge in [-0.3, -0.25) is 0 Å². The lowest BCUT2D eigenvalue weighted by Crippen LogP contribution is -2.26. The molecule has 3 aromatic heterocycles. The van der Waals surface area contributed by atoms with Gasteiger partial charge in [0.15, 0.2) is 0 Å². The van der Waals surface area contributed by atoms with Gasteiger partial charge < -0.3 is 20.9 Å². The number of hydrogen-bond acceptors (Lipinski definition) is 7. The van der Waals surface area contributed by atoms with Gasteiger partial charge in [-0.05, 0) is 89.6 Å². The van der Waals surface area contributed by atoms with E-state index in [0.29, 0.717) is 17.8 Å². The fraction of sp³-hybridized carbons (Fsp3) is 0.519. The Balaban J connectivity index is 1.41. The average Bonchev–Trinajstić information content (AvgIpc) is 3.53. The van der Waals surface area contributed by atoms with Crippen LogP contribution in [0.2, 0.25) is 5.28 Å². The van der Waals surface area contributed by atoms with Crippen molar-refractivity contribution in [1.29, 1.82) is 0 Å². The summed E-state index contributed by atoms with van der Waals surface area (Å²) < 4.78 is 2.26. The van der Waals surface area contributed by atoms with E-state index in [2.05, 4.69) is 56.8 Å². The van der Waals surface area contributed by atoms with Gasteiger partial charge in [-0.25, -0.2) is 9.97 Å². The summed E-state index contributed by atoms with van der Waals surface area (Å²) in [6, 6.07) is 0.358. The van der Waals surface area contributed by atoms with Crippen LogP contribution in [-0.4, -0.2) is 45.7 Å². The number of thiazole rings is 1. The van der Waals surface area contributed by atoms with E-state index < -0.39 is 0 Å². The number of rotatable bonds is 13. The molecule has 4 rings (SSSR count). The molecule has 0 amide bonds. The summed E-state index contributed by atoms with van der Waals surface area (Å²) in [6.45, 7) is 16.2. The second kappa shape index (κ2) is 12.3. The fourth-order valence-corrected chi connectivity index (χ4v) is 5.97. The molecular formula is C27H38ClN7S. The molecule has 36 heavy (non-hydrogen) atoms. The highest BCUT2D eigenvalue weighted by Crippen LogP contribution is 2.41. The molecule has 2 atom stereocenters. The third kappa shape index (κ3) is 6.73. The van der Waals surface area contributed by atoms with Crippen molar-refractivity contribution < 1.29 is 0 Å². The molecule has 1 aliphatic rings. The SMILES string of the molecule is C=C(C)CCNCCCNC[C@@H]1CC[C@H](n2cc(-c3nc(CC(=C)C)cs3)c3c(N)nc(Cl)nc32)C1. The van der Waals surface area contributed by atoms with Crippen LogP contribution in [0.1, 0.15) is 57.7 Å². The first-order chi connectivity index (χ1) is 17.3. The number of allylic oxidation sites excluding steroid dienone is 1. The third-order valence-corrected chi connectivity index (χ3v) is 7.81. The average molecular weight is 528 g/mol. The number of anilines is 1. The highest BCUT2D eigenvalue weighted by Gasteiger charge is 2.29. The monoisotopic (exact) mass is 527 g/mol. The molecule has 0 spiro atoms. The van der Waals surface area contributed by atoms with Crippen LogP contribution in [0.15, 0.2) is 35.9 Å². The summed E-state index contributed by atoms with van der Waals surface area (Å²) in [5, 5.41) is 11.2. The molecule has 0 aromatic carbocycles. The molecule has 1 fully saturated rings. The molecule has 9 heteroatoms. The number of halogens is 1. The van der Waals surface area contributed by atoms with E-state index in [9.17, 15) is 0 Å². The van der Waals surface area contributed by atoms with Crippen molar-refractivity contribution in [2.24, 2.45) is 5.92 Å². The van der Waals surface area contributed by atoms with Crippen molar-refractivity contribution >= 4 is 39.8 Å². The van der Waals surface area contributed by atoms with Crippen LogP contribution in [0.25, 0.3) is 21.6 Å². The van der Waals surface area contributed by atoms with Crippen LogP contribution in [0.3, 0.4) is 0 Å². The van der Waals surface area contributed by atoms with Gasteiger partial charge in [0.1, 0.15) is 16.5 Å². The minimum absolute atomic E-state index is 0.182. The molecular weight excluding hydrogens is 490 g/mol. The summed E-state index contributed by atoms with van der Waals surface area (Å²) in [6.07, 6.45) is 8.52. The van der Waals surface area contributed by atoms with Crippen molar-refractivity contribution in [3.8, 4) is 10.6 Å². The van der Waals surface area contributed by atoms with E-state index >= 15 is 0 Å². The molecule has 0 unspecified atom stereocenters. The Kier molecular flexibility index (Phi) is 9.17. The Hall–Kier alpha value is -2.26. The highest BCUT2D eigenvalue weighted by molar-refractivity contribution is 7.13. The zero-order chi connectivity index (χ0) is 25.7. The minimum atomic E-state index is 0.182. The van der Waals surface area contributed by atoms with Gasteiger partial charge in [0.25, 0.3) is 0 Å². The predicted octanol–water partition coefficient (Wildman–Crippen LogP) is 5.79. The normalized spacial score (nSPS) is 17.8. The van der Waals surface area contributed by atoms with Gasteiger partial charge in [-0.15, -0.1) is 17.9 Å². The van der Waals surface area contributed by atoms with Gasteiger partial charge in [0.05, 0.1) is 11.1 Å². The van der Waals surface area contributed by atoms with Crippen LogP contribution < -0.4 is 16.4 Å². The van der Waals surface area contributed by atoms with Crippen LogP contribution in [0.5, 0.6) is 0 Å². The molecule has 3 heterocycles. The zero-order valence-corrected chi connectivity index (χ0v) is 23.0. The second-order valence-electron chi connectivity index (χ2n) is 10.2. The van der Waals surface area contributed by atoms with Crippen LogP contribution in [0.4, 0.5) is 5.82 Å². The summed E-state index contributed by atoms with van der Waals surface area (Å²) in [5.74, 6) is 1.05. The maximum atomic E-state index is 6.36. The lowest BCUT2D eigenvalue weighted by molar-refractivity contribution is 0.452. The fourth-order valence-electron chi connectivity index (χ4n) is 4.97. The van der Waals surface area contributed by atoms with E-state index in [-0.39, 0.29) is 5.28 Å². The van der Waals surface area contributed by atoms with E-state index in [1.165, 1.54) is 12.0 Å².